The number of rotatable bonds is 2. The average molecular weight is 293 g/mol. The van der Waals surface area contributed by atoms with E-state index in [0.717, 1.165) is 11.1 Å². The molecule has 0 bridgehead atoms. The summed E-state index contributed by atoms with van der Waals surface area (Å²) in [7, 11) is -3.26. The molecule has 5 heteroatoms. The third-order valence-corrected chi connectivity index (χ3v) is 6.28. The molecular formula is C15H19NO3S. The van der Waals surface area contributed by atoms with E-state index >= 15 is 0 Å². The molecule has 1 aromatic carbocycles. The van der Waals surface area contributed by atoms with E-state index < -0.39 is 20.9 Å². The van der Waals surface area contributed by atoms with Crippen molar-refractivity contribution < 1.29 is 13.5 Å². The Labute approximate surface area is 120 Å². The van der Waals surface area contributed by atoms with Crippen molar-refractivity contribution in [3.05, 3.63) is 34.9 Å². The molecule has 1 fully saturated rings. The zero-order valence-electron chi connectivity index (χ0n) is 12.0. The van der Waals surface area contributed by atoms with E-state index in [-0.39, 0.29) is 17.9 Å². The van der Waals surface area contributed by atoms with Crippen LogP contribution in [0.5, 0.6) is 0 Å². The molecule has 1 heterocycles. The van der Waals surface area contributed by atoms with Crippen LogP contribution in [0.4, 0.5) is 0 Å². The molecular weight excluding hydrogens is 274 g/mol. The maximum absolute atomic E-state index is 11.7. The van der Waals surface area contributed by atoms with E-state index in [1.165, 1.54) is 0 Å². The van der Waals surface area contributed by atoms with Crippen molar-refractivity contribution in [2.24, 2.45) is 5.41 Å². The van der Waals surface area contributed by atoms with Gasteiger partial charge in [-0.25, -0.2) is 8.42 Å². The number of sulfone groups is 1. The predicted molar refractivity (Wildman–Crippen MR) is 76.8 cm³/mol. The Bertz CT molecular complexity index is 686. The molecule has 2 unspecified atom stereocenters. The molecule has 0 radical (unpaired) electrons. The lowest BCUT2D eigenvalue weighted by molar-refractivity contribution is -0.0323. The van der Waals surface area contributed by atoms with Crippen molar-refractivity contribution >= 4 is 9.84 Å². The van der Waals surface area contributed by atoms with Crippen molar-refractivity contribution in [1.29, 1.82) is 5.26 Å². The lowest BCUT2D eigenvalue weighted by atomic mass is 9.69. The maximum atomic E-state index is 11.7. The second kappa shape index (κ2) is 4.57. The molecule has 1 aliphatic heterocycles. The van der Waals surface area contributed by atoms with E-state index in [1.807, 2.05) is 26.0 Å². The SMILES string of the molecule is Cc1ccc(C(C)(O)C2(C#N)CCS(=O)(=O)C2)cc1C. The summed E-state index contributed by atoms with van der Waals surface area (Å²) in [6, 6.07) is 7.56. The van der Waals surface area contributed by atoms with Crippen LogP contribution in [0.15, 0.2) is 18.2 Å². The summed E-state index contributed by atoms with van der Waals surface area (Å²) < 4.78 is 23.5. The number of nitrogens with zero attached hydrogens (tertiary/aromatic N) is 1. The molecule has 0 amide bonds. The van der Waals surface area contributed by atoms with E-state index in [2.05, 4.69) is 6.07 Å². The molecule has 2 rings (SSSR count). The second-order valence-electron chi connectivity index (χ2n) is 5.91. The van der Waals surface area contributed by atoms with Gasteiger partial charge in [0.15, 0.2) is 9.84 Å². The Morgan fingerprint density at radius 1 is 1.35 bits per heavy atom. The third kappa shape index (κ3) is 2.23. The van der Waals surface area contributed by atoms with Gasteiger partial charge in [0, 0.05) is 0 Å². The Balaban J connectivity index is 2.53. The lowest BCUT2D eigenvalue weighted by Crippen LogP contribution is -2.43. The highest BCUT2D eigenvalue weighted by Crippen LogP contribution is 2.47. The molecule has 1 aromatic rings. The standard InChI is InChI=1S/C15H19NO3S/c1-11-4-5-13(8-12(11)2)14(3,17)15(9-16)6-7-20(18,19)10-15/h4-5,8,17H,6-7,10H2,1-3H3. The molecule has 0 aromatic heterocycles. The fraction of sp³-hybridized carbons (Fsp3) is 0.533. The van der Waals surface area contributed by atoms with Crippen molar-refractivity contribution in [3.8, 4) is 6.07 Å². The van der Waals surface area contributed by atoms with Gasteiger partial charge in [-0.1, -0.05) is 18.2 Å². The smallest absolute Gasteiger partial charge is 0.152 e. The van der Waals surface area contributed by atoms with Crippen molar-refractivity contribution in [3.63, 3.8) is 0 Å². The highest BCUT2D eigenvalue weighted by Gasteiger charge is 2.55. The van der Waals surface area contributed by atoms with Gasteiger partial charge >= 0.3 is 0 Å². The number of aryl methyl sites for hydroxylation is 2. The summed E-state index contributed by atoms with van der Waals surface area (Å²) in [5.41, 5.74) is -0.0531. The van der Waals surface area contributed by atoms with Crippen molar-refractivity contribution in [1.82, 2.24) is 0 Å². The van der Waals surface area contributed by atoms with Gasteiger partial charge in [-0.3, -0.25) is 0 Å². The molecule has 0 aliphatic carbocycles. The van der Waals surface area contributed by atoms with Crippen LogP contribution in [0, 0.1) is 30.6 Å². The quantitative estimate of drug-likeness (QED) is 0.902. The summed E-state index contributed by atoms with van der Waals surface area (Å²) in [4.78, 5) is 0. The molecule has 20 heavy (non-hydrogen) atoms. The monoisotopic (exact) mass is 293 g/mol. The predicted octanol–water partition coefficient (Wildman–Crippen LogP) is 1.84. The molecule has 108 valence electrons. The van der Waals surface area contributed by atoms with E-state index in [0.29, 0.717) is 5.56 Å². The molecule has 1 aliphatic rings. The fourth-order valence-electron chi connectivity index (χ4n) is 2.75. The lowest BCUT2D eigenvalue weighted by Gasteiger charge is -2.37. The maximum Gasteiger partial charge on any atom is 0.152 e. The van der Waals surface area contributed by atoms with E-state index in [4.69, 9.17) is 0 Å². The Morgan fingerprint density at radius 2 is 2.00 bits per heavy atom. The molecule has 1 saturated heterocycles. The number of benzene rings is 1. The van der Waals surface area contributed by atoms with E-state index in [1.54, 1.807) is 13.0 Å². The average Bonchev–Trinajstić information content (AvgIpc) is 2.70. The first-order valence-electron chi connectivity index (χ1n) is 6.55. The van der Waals surface area contributed by atoms with Gasteiger partial charge in [0.2, 0.25) is 0 Å². The topological polar surface area (TPSA) is 78.2 Å². The van der Waals surface area contributed by atoms with Gasteiger partial charge in [0.1, 0.15) is 11.0 Å². The second-order valence-corrected chi connectivity index (χ2v) is 8.09. The first-order chi connectivity index (χ1) is 9.13. The van der Waals surface area contributed by atoms with Crippen LogP contribution >= 0.6 is 0 Å². The number of hydrogen-bond acceptors (Lipinski definition) is 4. The highest BCUT2D eigenvalue weighted by atomic mass is 32.2. The zero-order valence-corrected chi connectivity index (χ0v) is 12.8. The van der Waals surface area contributed by atoms with Crippen molar-refractivity contribution in [2.75, 3.05) is 11.5 Å². The van der Waals surface area contributed by atoms with E-state index in [9.17, 15) is 18.8 Å². The first kappa shape index (κ1) is 15.0. The summed E-state index contributed by atoms with van der Waals surface area (Å²) in [5, 5.41) is 20.4. The Kier molecular flexibility index (Phi) is 3.43. The number of hydrogen-bond donors (Lipinski definition) is 1. The number of aliphatic hydroxyl groups is 1. The Hall–Kier alpha value is -1.38. The molecule has 1 N–H and O–H groups in total. The van der Waals surface area contributed by atoms with Gasteiger partial charge in [-0.15, -0.1) is 0 Å². The molecule has 0 spiro atoms. The minimum Gasteiger partial charge on any atom is -0.384 e. The summed E-state index contributed by atoms with van der Waals surface area (Å²) in [5.74, 6) is -0.321. The van der Waals surface area contributed by atoms with Gasteiger partial charge in [0.25, 0.3) is 0 Å². The summed E-state index contributed by atoms with van der Waals surface area (Å²) >= 11 is 0. The first-order valence-corrected chi connectivity index (χ1v) is 8.37. The molecule has 4 nitrogen and oxygen atoms in total. The molecule has 2 atom stereocenters. The Morgan fingerprint density at radius 3 is 2.45 bits per heavy atom. The zero-order chi connectivity index (χ0) is 15.2. The van der Waals surface area contributed by atoms with Crippen LogP contribution < -0.4 is 0 Å². The van der Waals surface area contributed by atoms with Crippen LogP contribution in [0.2, 0.25) is 0 Å². The highest BCUT2D eigenvalue weighted by molar-refractivity contribution is 7.91. The van der Waals surface area contributed by atoms with Gasteiger partial charge in [-0.05, 0) is 43.9 Å². The fourth-order valence-corrected chi connectivity index (χ4v) is 4.80. The van der Waals surface area contributed by atoms with Crippen molar-refractivity contribution in [2.45, 2.75) is 32.8 Å². The minimum absolute atomic E-state index is 0.0401. The van der Waals surface area contributed by atoms with Gasteiger partial charge in [0.05, 0.1) is 17.6 Å². The summed E-state index contributed by atoms with van der Waals surface area (Å²) in [6.07, 6.45) is 0.172. The van der Waals surface area contributed by atoms with Crippen LogP contribution in [-0.2, 0) is 15.4 Å². The summed E-state index contributed by atoms with van der Waals surface area (Å²) in [6.45, 7) is 5.44. The van der Waals surface area contributed by atoms with Crippen LogP contribution in [0.3, 0.4) is 0 Å². The number of nitriles is 1. The van der Waals surface area contributed by atoms with Crippen LogP contribution in [0.1, 0.15) is 30.0 Å². The normalized spacial score (nSPS) is 27.8. The van der Waals surface area contributed by atoms with Gasteiger partial charge < -0.3 is 5.11 Å². The largest absolute Gasteiger partial charge is 0.384 e. The van der Waals surface area contributed by atoms with Crippen LogP contribution in [0.25, 0.3) is 0 Å². The minimum atomic E-state index is -3.26. The molecule has 0 saturated carbocycles. The van der Waals surface area contributed by atoms with Gasteiger partial charge in [-0.2, -0.15) is 5.26 Å². The third-order valence-electron chi connectivity index (χ3n) is 4.52. The van der Waals surface area contributed by atoms with Crippen LogP contribution in [-0.4, -0.2) is 25.0 Å².